The molecule has 3 aromatic heterocycles. The summed E-state index contributed by atoms with van der Waals surface area (Å²) in [5, 5.41) is 12.1. The van der Waals surface area contributed by atoms with Gasteiger partial charge in [0.2, 0.25) is 29.5 Å². The van der Waals surface area contributed by atoms with Crippen LogP contribution in [0.5, 0.6) is 0 Å². The summed E-state index contributed by atoms with van der Waals surface area (Å²) in [7, 11) is 0. The molecular formula is C38H52N8O6S3. The first-order valence-electron chi connectivity index (χ1n) is 19.2. The van der Waals surface area contributed by atoms with Crippen molar-refractivity contribution in [3.05, 3.63) is 45.4 Å². The van der Waals surface area contributed by atoms with Crippen LogP contribution >= 0.6 is 34.4 Å². The number of hydrogen-bond donors (Lipinski definition) is 4. The zero-order valence-corrected chi connectivity index (χ0v) is 34.3. The van der Waals surface area contributed by atoms with Gasteiger partial charge in [0.05, 0.1) is 40.3 Å². The summed E-state index contributed by atoms with van der Waals surface area (Å²) in [6.07, 6.45) is 11.5. The van der Waals surface area contributed by atoms with Gasteiger partial charge in [-0.05, 0) is 69.9 Å². The summed E-state index contributed by atoms with van der Waals surface area (Å²) in [5.41, 5.74) is 0.787. The molecule has 17 heteroatoms. The molecule has 0 aromatic carbocycles. The molecule has 1 atom stereocenters. The van der Waals surface area contributed by atoms with Crippen LogP contribution in [0.25, 0.3) is 0 Å². The molecule has 3 aliphatic heterocycles. The normalized spacial score (nSPS) is 18.1. The van der Waals surface area contributed by atoms with Crippen molar-refractivity contribution in [2.45, 2.75) is 113 Å². The number of amides is 5. The van der Waals surface area contributed by atoms with Gasteiger partial charge in [0.15, 0.2) is 5.13 Å². The van der Waals surface area contributed by atoms with Gasteiger partial charge in [0.1, 0.15) is 11.8 Å². The van der Waals surface area contributed by atoms with E-state index in [0.717, 1.165) is 91.5 Å². The molecule has 2 saturated heterocycles. The van der Waals surface area contributed by atoms with Crippen LogP contribution in [0.3, 0.4) is 0 Å². The highest BCUT2D eigenvalue weighted by molar-refractivity contribution is 8.00. The zero-order chi connectivity index (χ0) is 39.0. The third-order valence-electron chi connectivity index (χ3n) is 10.1. The van der Waals surface area contributed by atoms with Crippen molar-refractivity contribution in [3.63, 3.8) is 0 Å². The second-order valence-electron chi connectivity index (χ2n) is 15.4. The Kier molecular flexibility index (Phi) is 14.2. The highest BCUT2D eigenvalue weighted by atomic mass is 32.2. The lowest BCUT2D eigenvalue weighted by Gasteiger charge is -2.31. The fourth-order valence-electron chi connectivity index (χ4n) is 6.92. The number of carbonyl (C=O) groups is 5. The summed E-state index contributed by atoms with van der Waals surface area (Å²) < 4.78 is 6.89. The first kappa shape index (κ1) is 41.0. The number of likely N-dealkylation sites (tertiary alicyclic amines) is 1. The van der Waals surface area contributed by atoms with E-state index in [-0.39, 0.29) is 47.9 Å². The molecule has 5 amide bonds. The quantitative estimate of drug-likeness (QED) is 0.0768. The number of nitrogens with one attached hydrogen (secondary N) is 4. The first-order chi connectivity index (χ1) is 26.4. The van der Waals surface area contributed by atoms with Crippen molar-refractivity contribution in [3.8, 4) is 0 Å². The molecule has 298 valence electrons. The molecule has 6 heterocycles. The van der Waals surface area contributed by atoms with Crippen molar-refractivity contribution in [1.29, 1.82) is 0 Å². The molecule has 3 aliphatic rings. The highest BCUT2D eigenvalue weighted by Gasteiger charge is 2.40. The molecule has 0 aliphatic carbocycles. The summed E-state index contributed by atoms with van der Waals surface area (Å²) in [6, 6.07) is 1.30. The molecule has 14 nitrogen and oxygen atoms in total. The number of anilines is 1. The SMILES string of the molecule is CC(C)(C)c1cnc(CSc2cnc(NC(=O)C3CCN(CCCCCCCNCC(=O)NCc4cc5c(s4)C(=O)N(C4CCC(=O)NC4=O)C5)CC3)s2)o1. The van der Waals surface area contributed by atoms with Crippen LogP contribution in [0, 0.1) is 5.92 Å². The number of thiazole rings is 1. The van der Waals surface area contributed by atoms with Gasteiger partial charge in [-0.3, -0.25) is 29.3 Å². The lowest BCUT2D eigenvalue weighted by atomic mass is 9.94. The van der Waals surface area contributed by atoms with Crippen LogP contribution in [0.4, 0.5) is 5.13 Å². The van der Waals surface area contributed by atoms with Gasteiger partial charge < -0.3 is 30.2 Å². The fourth-order valence-corrected chi connectivity index (χ4v) is 9.72. The van der Waals surface area contributed by atoms with E-state index >= 15 is 0 Å². The van der Waals surface area contributed by atoms with Gasteiger partial charge in [0, 0.05) is 29.2 Å². The Morgan fingerprint density at radius 2 is 1.80 bits per heavy atom. The summed E-state index contributed by atoms with van der Waals surface area (Å²) >= 11 is 4.44. The average molecular weight is 813 g/mol. The predicted octanol–water partition coefficient (Wildman–Crippen LogP) is 5.05. The summed E-state index contributed by atoms with van der Waals surface area (Å²) in [5.74, 6) is 1.25. The van der Waals surface area contributed by atoms with Crippen LogP contribution in [0.1, 0.15) is 110 Å². The Labute approximate surface area is 334 Å². The average Bonchev–Trinajstić information content (AvgIpc) is 3.95. The van der Waals surface area contributed by atoms with Gasteiger partial charge in [-0.2, -0.15) is 0 Å². The topological polar surface area (TPSA) is 179 Å². The Hall–Kier alpha value is -3.64. The molecule has 2 fully saturated rings. The number of hydrogen-bond acceptors (Lipinski definition) is 13. The van der Waals surface area contributed by atoms with Crippen LogP contribution in [0.15, 0.2) is 27.1 Å². The van der Waals surface area contributed by atoms with Gasteiger partial charge in [-0.15, -0.1) is 23.1 Å². The van der Waals surface area contributed by atoms with E-state index in [4.69, 9.17) is 4.42 Å². The number of unbranched alkanes of at least 4 members (excludes halogenated alkanes) is 4. The minimum atomic E-state index is -0.619. The number of piperidine rings is 2. The van der Waals surface area contributed by atoms with Gasteiger partial charge in [0.25, 0.3) is 5.91 Å². The van der Waals surface area contributed by atoms with Crippen molar-refractivity contribution >= 4 is 69.1 Å². The Morgan fingerprint density at radius 3 is 2.55 bits per heavy atom. The molecule has 4 N–H and O–H groups in total. The van der Waals surface area contributed by atoms with E-state index in [0.29, 0.717) is 41.2 Å². The predicted molar refractivity (Wildman–Crippen MR) is 213 cm³/mol. The van der Waals surface area contributed by atoms with Crippen molar-refractivity contribution in [2.24, 2.45) is 5.92 Å². The van der Waals surface area contributed by atoms with Crippen LogP contribution < -0.4 is 21.3 Å². The molecule has 0 saturated carbocycles. The van der Waals surface area contributed by atoms with Crippen molar-refractivity contribution in [2.75, 3.05) is 38.0 Å². The molecule has 55 heavy (non-hydrogen) atoms. The fraction of sp³-hybridized carbons (Fsp3) is 0.605. The number of oxazole rings is 1. The van der Waals surface area contributed by atoms with Gasteiger partial charge in [-0.1, -0.05) is 51.4 Å². The van der Waals surface area contributed by atoms with Crippen molar-refractivity contribution < 1.29 is 28.4 Å². The third kappa shape index (κ3) is 11.5. The van der Waals surface area contributed by atoms with E-state index < -0.39 is 11.9 Å². The minimum absolute atomic E-state index is 0.0102. The lowest BCUT2D eigenvalue weighted by molar-refractivity contribution is -0.137. The zero-order valence-electron chi connectivity index (χ0n) is 31.9. The maximum absolute atomic E-state index is 12.9. The molecular weight excluding hydrogens is 761 g/mol. The number of fused-ring (bicyclic) bond motifs is 1. The number of aromatic nitrogens is 2. The third-order valence-corrected chi connectivity index (χ3v) is 13.4. The summed E-state index contributed by atoms with van der Waals surface area (Å²) in [4.78, 5) is 76.2. The molecule has 0 spiro atoms. The highest BCUT2D eigenvalue weighted by Crippen LogP contribution is 2.34. The standard InChI is InChI=1S/C38H52N8O6S3/c1-38(2,3)28-19-41-31(52-28)23-53-32-21-42-37(55-32)44-34(49)24-11-15-45(16-12-24)14-8-6-4-5-7-13-39-20-30(48)40-18-26-17-25-22-46(36(51)33(25)54-26)27-9-10-29(47)43-35(27)50/h17,19,21,24,27,39H,4-16,18,20,22-23H2,1-3H3,(H,40,48)(H,42,44,49)(H,43,47,50). The smallest absolute Gasteiger partial charge is 0.265 e. The van der Waals surface area contributed by atoms with Crippen molar-refractivity contribution in [1.82, 2.24) is 35.7 Å². The molecule has 1 unspecified atom stereocenters. The molecule has 6 rings (SSSR count). The number of imide groups is 1. The summed E-state index contributed by atoms with van der Waals surface area (Å²) in [6.45, 7) is 10.9. The van der Waals surface area contributed by atoms with E-state index in [1.807, 2.05) is 6.07 Å². The van der Waals surface area contributed by atoms with Crippen LogP contribution in [0.2, 0.25) is 0 Å². The second kappa shape index (κ2) is 19.0. The monoisotopic (exact) mass is 812 g/mol. The Bertz CT molecular complexity index is 1830. The Balaban J connectivity index is 0.754. The Morgan fingerprint density at radius 1 is 1.02 bits per heavy atom. The number of carbonyl (C=O) groups excluding carboxylic acids is 5. The van der Waals surface area contributed by atoms with Crippen LogP contribution in [-0.2, 0) is 43.4 Å². The second-order valence-corrected chi connectivity index (χ2v) is 18.9. The van der Waals surface area contributed by atoms with Gasteiger partial charge in [-0.25, -0.2) is 9.97 Å². The van der Waals surface area contributed by atoms with E-state index in [1.54, 1.807) is 24.2 Å². The van der Waals surface area contributed by atoms with E-state index in [1.165, 1.54) is 27.6 Å². The lowest BCUT2D eigenvalue weighted by Crippen LogP contribution is -2.52. The largest absolute Gasteiger partial charge is 0.444 e. The first-order valence-corrected chi connectivity index (χ1v) is 21.9. The molecule has 0 radical (unpaired) electrons. The minimum Gasteiger partial charge on any atom is -0.444 e. The van der Waals surface area contributed by atoms with Crippen LogP contribution in [-0.4, -0.2) is 88.1 Å². The number of rotatable bonds is 18. The molecule has 0 bridgehead atoms. The maximum Gasteiger partial charge on any atom is 0.265 e. The molecule has 3 aromatic rings. The maximum atomic E-state index is 12.9. The number of thiophene rings is 1. The number of nitrogens with zero attached hydrogens (tertiary/aromatic N) is 4. The van der Waals surface area contributed by atoms with Gasteiger partial charge >= 0.3 is 0 Å². The van der Waals surface area contributed by atoms with E-state index in [2.05, 4.69) is 56.9 Å². The van der Waals surface area contributed by atoms with E-state index in [9.17, 15) is 24.0 Å². The number of thioether (sulfide) groups is 1.